The number of aliphatic hydroxyl groups excluding tert-OH is 1. The Morgan fingerprint density at radius 3 is 1.51 bits per heavy atom. The average Bonchev–Trinajstić information content (AvgIpc) is 4.04. The third-order valence-electron chi connectivity index (χ3n) is 5.46. The van der Waals surface area contributed by atoms with E-state index >= 15 is 0 Å². The molecule has 3 aliphatic heterocycles. The fraction of sp³-hybridized carbons (Fsp3) is 0.700. The predicted molar refractivity (Wildman–Crippen MR) is 246 cm³/mol. The topological polar surface area (TPSA) is 395 Å². The third kappa shape index (κ3) is 53.2. The molecule has 61 heavy (non-hydrogen) atoms. The molecule has 356 valence electrons. The minimum atomic E-state index is -2.85. The van der Waals surface area contributed by atoms with Gasteiger partial charge in [0.25, 0.3) is 0 Å². The molecule has 2 unspecified atom stereocenters. The van der Waals surface area contributed by atoms with Gasteiger partial charge in [-0.2, -0.15) is 37.9 Å². The van der Waals surface area contributed by atoms with E-state index in [0.717, 1.165) is 49.0 Å². The molecule has 13 N–H and O–H groups in total. The molecule has 0 aromatic heterocycles. The normalized spacial score (nSPS) is 18.0. The van der Waals surface area contributed by atoms with Crippen LogP contribution in [-0.2, 0) is 57.0 Å². The maximum absolute atomic E-state index is 10.9. The van der Waals surface area contributed by atoms with Crippen LogP contribution >= 0.6 is 82.8 Å². The van der Waals surface area contributed by atoms with Gasteiger partial charge in [-0.3, -0.25) is 29.2 Å². The van der Waals surface area contributed by atoms with Crippen molar-refractivity contribution in [2.45, 2.75) is 70.6 Å². The predicted octanol–water partition coefficient (Wildman–Crippen LogP) is -4.42. The van der Waals surface area contributed by atoms with Gasteiger partial charge in [0, 0.05) is 92.4 Å². The fourth-order valence-electron chi connectivity index (χ4n) is 2.79. The molecule has 3 aliphatic rings. The second-order valence-electron chi connectivity index (χ2n) is 9.77. The van der Waals surface area contributed by atoms with E-state index in [1.165, 1.54) is 20.0 Å². The number of hydrogen-bond acceptors (Lipinski definition) is 22. The van der Waals surface area contributed by atoms with E-state index in [1.54, 1.807) is 28.8 Å². The number of rotatable bonds is 10. The maximum atomic E-state index is 10.9. The molecule has 0 aromatic rings. The van der Waals surface area contributed by atoms with Crippen LogP contribution in [0.4, 0.5) is 0 Å². The zero-order valence-corrected chi connectivity index (χ0v) is 42.8. The number of primary amides is 1. The number of carbonyl (C=O) groups excluding carboxylic acids is 6. The number of thiol groups is 3. The van der Waals surface area contributed by atoms with Crippen molar-refractivity contribution >= 4 is 144 Å². The number of nitrogens with one attached hydrogen (secondary N) is 2. The van der Waals surface area contributed by atoms with Crippen LogP contribution in [0.25, 0.3) is 0 Å². The number of carboxylic acid groups (broad SMARTS) is 2. The molecule has 0 bridgehead atoms. The number of aliphatic hydroxyl groups is 1. The van der Waals surface area contributed by atoms with Crippen LogP contribution in [0, 0.1) is 0 Å². The summed E-state index contributed by atoms with van der Waals surface area (Å²) in [5.41, 5.74) is 9.94. The quantitative estimate of drug-likeness (QED) is 0.0427. The Balaban J connectivity index is -0.000000102. The van der Waals surface area contributed by atoms with E-state index in [-0.39, 0.29) is 82.4 Å². The largest absolute Gasteiger partial charge is 1.00 e. The Morgan fingerprint density at radius 1 is 0.918 bits per heavy atom. The van der Waals surface area contributed by atoms with E-state index in [9.17, 15) is 38.7 Å². The molecule has 0 spiro atoms. The molecule has 1 saturated heterocycles. The van der Waals surface area contributed by atoms with Crippen LogP contribution in [0.3, 0.4) is 0 Å². The molecule has 22 nitrogen and oxygen atoms in total. The van der Waals surface area contributed by atoms with Crippen molar-refractivity contribution in [1.29, 1.82) is 0 Å². The Labute approximate surface area is 423 Å². The van der Waals surface area contributed by atoms with Crippen LogP contribution < -0.4 is 62.9 Å². The van der Waals surface area contributed by atoms with Crippen LogP contribution in [0.2, 0.25) is 0 Å². The van der Waals surface area contributed by atoms with Crippen LogP contribution in [0.1, 0.15) is 48.6 Å². The molecule has 3 amide bonds. The standard InChI is InChI=1S/C6H11NO3S.C6H9NO2S.C5H8N2OS.C5H9NO3S.C4H8O.C3H7NO2S.CH4O.Cl2OS.H3N.Na.H2O/c1-4(8)7-5(3-11)6(9)10-2;1-4-7-5(3-10-4)6(8)9-2;1-3-7-4(2-9-3)5(6)8;1-3(7)6-4(2-10)5(8)9;1-2-4-5-3-1;4-2(1-7)3(5)6;1-2;1-4(2)3;;;/h5,11H,3H2,1-2H3,(H,7,8);5H,3H2,1-2H3;4H,2H2,1H3,(H2,6,8);4,10H,2H2,1H3,(H,6,7)(H,8,9);1-4H2;2,7H,1,4H2,(H,5,6);2H,1H3;;1H3;;1H2/q;;;;;;;;;+1;/p-1/t5-;;;4-;;2-;;;;;/m0..0.0...../s1/i1D3;;;1D3;;;;;;;. The van der Waals surface area contributed by atoms with Crippen molar-refractivity contribution < 1.29 is 111 Å². The second-order valence-corrected chi connectivity index (χ2v) is 15.8. The summed E-state index contributed by atoms with van der Waals surface area (Å²) in [6, 6.07) is -3.75. The van der Waals surface area contributed by atoms with Crippen molar-refractivity contribution in [3.63, 3.8) is 0 Å². The number of carboxylic acids is 2. The molecule has 0 aromatic carbocycles. The van der Waals surface area contributed by atoms with Gasteiger partial charge in [-0.25, -0.2) is 13.8 Å². The fourth-order valence-corrected chi connectivity index (χ4v) is 5.08. The molecule has 0 saturated carbocycles. The number of esters is 2. The number of hydrogen-bond donors (Lipinski definition) is 10. The van der Waals surface area contributed by atoms with Gasteiger partial charge < -0.3 is 68.1 Å². The number of halogens is 2. The Morgan fingerprint density at radius 2 is 1.31 bits per heavy atom. The minimum Gasteiger partial charge on any atom is -0.548 e. The number of aliphatic carboxylic acids is 2. The first-order valence-corrected chi connectivity index (χ1v) is 22.3. The van der Waals surface area contributed by atoms with Gasteiger partial charge in [0.1, 0.15) is 18.1 Å². The van der Waals surface area contributed by atoms with Crippen molar-refractivity contribution in [3.8, 4) is 0 Å². The first-order chi connectivity index (χ1) is 29.5. The zero-order chi connectivity index (χ0) is 51.4. The van der Waals surface area contributed by atoms with Gasteiger partial charge in [-0.05, 0) is 26.7 Å². The molecular weight excluding hydrogens is 985 g/mol. The summed E-state index contributed by atoms with van der Waals surface area (Å²) in [6.07, 6.45) is 2.56. The summed E-state index contributed by atoms with van der Waals surface area (Å²) in [5, 5.41) is 30.9. The number of ether oxygens (including phenoxy) is 3. The summed E-state index contributed by atoms with van der Waals surface area (Å²) in [7, 11) is 10.9. The van der Waals surface area contributed by atoms with Crippen LogP contribution in [-0.4, -0.2) is 165 Å². The zero-order valence-electron chi connectivity index (χ0n) is 40.1. The van der Waals surface area contributed by atoms with Crippen molar-refractivity contribution in [2.75, 3.05) is 63.3 Å². The number of amides is 3. The van der Waals surface area contributed by atoms with Crippen molar-refractivity contribution in [3.05, 3.63) is 0 Å². The van der Waals surface area contributed by atoms with E-state index in [2.05, 4.69) is 78.7 Å². The Kier molecular flexibility index (Phi) is 52.4. The summed E-state index contributed by atoms with van der Waals surface area (Å²) >= 11 is 14.2. The van der Waals surface area contributed by atoms with Crippen molar-refractivity contribution in [1.82, 2.24) is 16.8 Å². The molecule has 0 radical (unpaired) electrons. The summed E-state index contributed by atoms with van der Waals surface area (Å²) in [6.45, 7) is 0.160. The smallest absolute Gasteiger partial charge is 0.548 e. The first-order valence-electron chi connectivity index (χ1n) is 18.7. The van der Waals surface area contributed by atoms with Crippen LogP contribution in [0.15, 0.2) is 9.98 Å². The molecule has 5 atom stereocenters. The average molecular weight is 1050 g/mol. The molecule has 1 fully saturated rings. The Bertz CT molecular complexity index is 1510. The number of nitrogens with zero attached hydrogens (tertiary/aromatic N) is 2. The van der Waals surface area contributed by atoms with E-state index in [4.69, 9.17) is 38.9 Å². The van der Waals surface area contributed by atoms with E-state index in [1.807, 2.05) is 19.2 Å². The van der Waals surface area contributed by atoms with Gasteiger partial charge in [-0.1, -0.05) is 0 Å². The van der Waals surface area contributed by atoms with Gasteiger partial charge >= 0.3 is 47.5 Å². The number of aliphatic imine (C=N–C) groups is 2. The van der Waals surface area contributed by atoms with Crippen LogP contribution in [0.5, 0.6) is 0 Å². The molecule has 3 rings (SSSR count). The van der Waals surface area contributed by atoms with Gasteiger partial charge in [0.2, 0.25) is 26.9 Å². The summed E-state index contributed by atoms with van der Waals surface area (Å²) < 4.78 is 63.0. The third-order valence-corrected chi connectivity index (χ3v) is 8.60. The molecule has 31 heteroatoms. The minimum absolute atomic E-state index is 0. The van der Waals surface area contributed by atoms with Crippen molar-refractivity contribution in [2.24, 2.45) is 21.5 Å². The molecule has 3 heterocycles. The monoisotopic (exact) mass is 1050 g/mol. The number of methoxy groups -OCH3 is 2. The summed E-state index contributed by atoms with van der Waals surface area (Å²) in [5.74, 6) is -4.95. The number of nitrogens with two attached hydrogens (primary N) is 2. The SMILES string of the molecule is C1CCOC1.CC1=NC(C(N)=O)CS1.CO.COC(=O)C1CSC(C)=N1.N.N[C@@H](CS)C(=O)O.O.O=S(Cl)Cl.[2H]C([2H])([2H])C(=O)N[C@@H](CS)C(=O)OC.[2H]C([2H])([2H])C(=O)N[C@@H](CS)C(=O)[O-].[Na+]. The number of thioether (sulfide) groups is 2. The first kappa shape index (κ1) is 62.0. The molecule has 0 aliphatic carbocycles. The van der Waals surface area contributed by atoms with Gasteiger partial charge in [0.15, 0.2) is 6.04 Å². The number of carbonyl (C=O) groups is 7. The Hall–Kier alpha value is -1.09. The van der Waals surface area contributed by atoms with E-state index < -0.39 is 70.8 Å². The van der Waals surface area contributed by atoms with Gasteiger partial charge in [-0.15, -0.1) is 23.5 Å². The maximum Gasteiger partial charge on any atom is 1.00 e. The summed E-state index contributed by atoms with van der Waals surface area (Å²) in [4.78, 5) is 81.9. The van der Waals surface area contributed by atoms with Gasteiger partial charge in [0.05, 0.1) is 36.3 Å². The van der Waals surface area contributed by atoms with E-state index in [0.29, 0.717) is 0 Å². The second kappa shape index (κ2) is 51.5. The molecular formula is C30H60Cl2N7NaO15S6.